The molecule has 1 aliphatic rings. The number of rotatable bonds is 4. The van der Waals surface area contributed by atoms with Crippen molar-refractivity contribution in [1.29, 1.82) is 0 Å². The molecular weight excluding hydrogens is 242 g/mol. The maximum Gasteiger partial charge on any atom is 0.128 e. The summed E-state index contributed by atoms with van der Waals surface area (Å²) in [5, 5.41) is 3.45. The largest absolute Gasteiger partial charge is 0.356 e. The van der Waals surface area contributed by atoms with Gasteiger partial charge in [-0.1, -0.05) is 13.8 Å². The van der Waals surface area contributed by atoms with Crippen LogP contribution in [0.4, 0.5) is 5.82 Å². The Hall–Kier alpha value is -0.740. The quantitative estimate of drug-likeness (QED) is 0.905. The Morgan fingerprint density at radius 1 is 1.39 bits per heavy atom. The van der Waals surface area contributed by atoms with Gasteiger partial charge in [0.1, 0.15) is 5.82 Å². The molecular formula is C14H23N3S. The Labute approximate surface area is 114 Å². The number of nitrogens with one attached hydrogen (secondary N) is 1. The molecule has 1 fully saturated rings. The van der Waals surface area contributed by atoms with Crippen LogP contribution in [0.1, 0.15) is 25.8 Å². The number of nitrogens with zero attached hydrogens (tertiary/aromatic N) is 2. The fourth-order valence-corrected chi connectivity index (χ4v) is 2.93. The van der Waals surface area contributed by atoms with Crippen molar-refractivity contribution in [2.75, 3.05) is 29.5 Å². The van der Waals surface area contributed by atoms with E-state index < -0.39 is 0 Å². The third-order valence-corrected chi connectivity index (χ3v) is 4.12. The second-order valence-electron chi connectivity index (χ2n) is 5.01. The fourth-order valence-electron chi connectivity index (χ4n) is 2.04. The highest BCUT2D eigenvalue weighted by Gasteiger charge is 2.11. The number of pyridine rings is 1. The zero-order valence-electron chi connectivity index (χ0n) is 11.4. The van der Waals surface area contributed by atoms with Gasteiger partial charge < -0.3 is 10.2 Å². The highest BCUT2D eigenvalue weighted by molar-refractivity contribution is 7.99. The van der Waals surface area contributed by atoms with Crippen molar-refractivity contribution in [3.05, 3.63) is 23.9 Å². The molecule has 0 aromatic carbocycles. The van der Waals surface area contributed by atoms with E-state index in [1.54, 1.807) is 0 Å². The van der Waals surface area contributed by atoms with Gasteiger partial charge in [-0.25, -0.2) is 4.98 Å². The molecule has 0 bridgehead atoms. The Bertz CT molecular complexity index is 360. The summed E-state index contributed by atoms with van der Waals surface area (Å²) >= 11 is 2.05. The monoisotopic (exact) mass is 265 g/mol. The first-order chi connectivity index (χ1) is 8.75. The van der Waals surface area contributed by atoms with Gasteiger partial charge in [-0.05, 0) is 29.9 Å². The van der Waals surface area contributed by atoms with Crippen LogP contribution in [0.15, 0.2) is 18.3 Å². The second-order valence-corrected chi connectivity index (χ2v) is 6.24. The van der Waals surface area contributed by atoms with Crippen molar-refractivity contribution in [1.82, 2.24) is 10.3 Å². The van der Waals surface area contributed by atoms with Crippen LogP contribution in [0.25, 0.3) is 0 Å². The molecule has 1 saturated heterocycles. The van der Waals surface area contributed by atoms with Gasteiger partial charge in [0.25, 0.3) is 0 Å². The number of hydrogen-bond donors (Lipinski definition) is 1. The molecule has 2 heterocycles. The third kappa shape index (κ3) is 4.18. The van der Waals surface area contributed by atoms with Crippen molar-refractivity contribution in [2.45, 2.75) is 32.9 Å². The van der Waals surface area contributed by atoms with E-state index in [1.165, 1.54) is 23.5 Å². The van der Waals surface area contributed by atoms with Crippen molar-refractivity contribution >= 4 is 17.6 Å². The van der Waals surface area contributed by atoms with Gasteiger partial charge in [-0.3, -0.25) is 0 Å². The van der Waals surface area contributed by atoms with Crippen LogP contribution in [0.5, 0.6) is 0 Å². The molecule has 4 heteroatoms. The van der Waals surface area contributed by atoms with E-state index in [9.17, 15) is 0 Å². The summed E-state index contributed by atoms with van der Waals surface area (Å²) in [6.07, 6.45) is 3.20. The molecule has 0 spiro atoms. The molecule has 18 heavy (non-hydrogen) atoms. The lowest BCUT2D eigenvalue weighted by atomic mass is 10.2. The maximum atomic E-state index is 4.52. The molecule has 1 aromatic heterocycles. The Balaban J connectivity index is 2.01. The maximum absolute atomic E-state index is 4.52. The average molecular weight is 265 g/mol. The number of anilines is 1. The molecule has 0 atom stereocenters. The molecule has 1 aromatic rings. The van der Waals surface area contributed by atoms with Crippen LogP contribution in [0, 0.1) is 0 Å². The minimum Gasteiger partial charge on any atom is -0.356 e. The third-order valence-electron chi connectivity index (χ3n) is 3.07. The summed E-state index contributed by atoms with van der Waals surface area (Å²) in [6.45, 7) is 7.54. The van der Waals surface area contributed by atoms with Gasteiger partial charge >= 0.3 is 0 Å². The molecule has 1 N–H and O–H groups in total. The van der Waals surface area contributed by atoms with Crippen LogP contribution in [-0.2, 0) is 6.54 Å². The van der Waals surface area contributed by atoms with Gasteiger partial charge in [0.15, 0.2) is 0 Å². The zero-order chi connectivity index (χ0) is 12.8. The summed E-state index contributed by atoms with van der Waals surface area (Å²) in [5.41, 5.74) is 1.32. The molecule has 0 amide bonds. The van der Waals surface area contributed by atoms with Crippen LogP contribution in [0.2, 0.25) is 0 Å². The summed E-state index contributed by atoms with van der Waals surface area (Å²) in [7, 11) is 0. The summed E-state index contributed by atoms with van der Waals surface area (Å²) < 4.78 is 0. The SMILES string of the molecule is CC(C)NCc1ccnc(N2CCCSCC2)c1. The first kappa shape index (κ1) is 13.7. The predicted molar refractivity (Wildman–Crippen MR) is 80.4 cm³/mol. The standard InChI is InChI=1S/C14H23N3S/c1-12(2)16-11-13-4-5-15-14(10-13)17-6-3-8-18-9-7-17/h4-5,10,12,16H,3,6-9,11H2,1-2H3. The van der Waals surface area contributed by atoms with Crippen molar-refractivity contribution in [3.8, 4) is 0 Å². The summed E-state index contributed by atoms with van der Waals surface area (Å²) in [4.78, 5) is 6.94. The summed E-state index contributed by atoms with van der Waals surface area (Å²) in [6, 6.07) is 4.85. The molecule has 0 aliphatic carbocycles. The van der Waals surface area contributed by atoms with E-state index in [0.717, 1.165) is 25.5 Å². The van der Waals surface area contributed by atoms with Gasteiger partial charge in [0.05, 0.1) is 0 Å². The number of aromatic nitrogens is 1. The van der Waals surface area contributed by atoms with Crippen molar-refractivity contribution < 1.29 is 0 Å². The molecule has 0 saturated carbocycles. The van der Waals surface area contributed by atoms with Crippen molar-refractivity contribution in [2.24, 2.45) is 0 Å². The van der Waals surface area contributed by atoms with Crippen LogP contribution in [0.3, 0.4) is 0 Å². The lowest BCUT2D eigenvalue weighted by Gasteiger charge is -2.21. The van der Waals surface area contributed by atoms with Gasteiger partial charge in [-0.15, -0.1) is 0 Å². The molecule has 100 valence electrons. The second kappa shape index (κ2) is 7.00. The van der Waals surface area contributed by atoms with Crippen LogP contribution >= 0.6 is 11.8 Å². The predicted octanol–water partition coefficient (Wildman–Crippen LogP) is 2.52. The van der Waals surface area contributed by atoms with E-state index in [1.807, 2.05) is 6.20 Å². The van der Waals surface area contributed by atoms with Crippen LogP contribution < -0.4 is 10.2 Å². The molecule has 0 radical (unpaired) electrons. The van der Waals surface area contributed by atoms with Gasteiger partial charge in [0, 0.05) is 37.6 Å². The van der Waals surface area contributed by atoms with Gasteiger partial charge in [0.2, 0.25) is 0 Å². The first-order valence-electron chi connectivity index (χ1n) is 6.77. The molecule has 1 aliphatic heterocycles. The highest BCUT2D eigenvalue weighted by Crippen LogP contribution is 2.17. The van der Waals surface area contributed by atoms with E-state index in [4.69, 9.17) is 0 Å². The topological polar surface area (TPSA) is 28.2 Å². The zero-order valence-corrected chi connectivity index (χ0v) is 12.2. The Morgan fingerprint density at radius 3 is 3.11 bits per heavy atom. The number of thioether (sulfide) groups is 1. The Kier molecular flexibility index (Phi) is 5.32. The molecule has 2 rings (SSSR count). The van der Waals surface area contributed by atoms with E-state index in [0.29, 0.717) is 6.04 Å². The number of hydrogen-bond acceptors (Lipinski definition) is 4. The van der Waals surface area contributed by atoms with E-state index >= 15 is 0 Å². The Morgan fingerprint density at radius 2 is 2.28 bits per heavy atom. The van der Waals surface area contributed by atoms with E-state index in [-0.39, 0.29) is 0 Å². The average Bonchev–Trinajstić information content (AvgIpc) is 2.65. The highest BCUT2D eigenvalue weighted by atomic mass is 32.2. The van der Waals surface area contributed by atoms with Crippen LogP contribution in [-0.4, -0.2) is 35.6 Å². The van der Waals surface area contributed by atoms with E-state index in [2.05, 4.69) is 52.9 Å². The first-order valence-corrected chi connectivity index (χ1v) is 7.92. The van der Waals surface area contributed by atoms with Gasteiger partial charge in [-0.2, -0.15) is 11.8 Å². The molecule has 3 nitrogen and oxygen atoms in total. The minimum absolute atomic E-state index is 0.524. The smallest absolute Gasteiger partial charge is 0.128 e. The molecule has 0 unspecified atom stereocenters. The summed E-state index contributed by atoms with van der Waals surface area (Å²) in [5.74, 6) is 3.64. The van der Waals surface area contributed by atoms with Crippen molar-refractivity contribution in [3.63, 3.8) is 0 Å². The normalized spacial score (nSPS) is 16.9. The lowest BCUT2D eigenvalue weighted by Crippen LogP contribution is -2.27. The fraction of sp³-hybridized carbons (Fsp3) is 0.643. The lowest BCUT2D eigenvalue weighted by molar-refractivity contribution is 0.588. The minimum atomic E-state index is 0.524.